The van der Waals surface area contributed by atoms with E-state index in [2.05, 4.69) is 0 Å². The molecule has 0 spiro atoms. The number of carbonyl (C=O) groups excluding carboxylic acids is 2. The van der Waals surface area contributed by atoms with Gasteiger partial charge in [-0.05, 0) is 0 Å². The number of carbonyl (C=O) groups is 2. The van der Waals surface area contributed by atoms with Crippen molar-refractivity contribution < 1.29 is 22.8 Å². The highest BCUT2D eigenvalue weighted by atomic mass is 19.4. The van der Waals surface area contributed by atoms with Crippen LogP contribution in [0.5, 0.6) is 0 Å². The molecule has 86 valence electrons. The molecule has 0 bridgehead atoms. The Hall–Kier alpha value is -1.07. The van der Waals surface area contributed by atoms with Crippen molar-refractivity contribution in [3.05, 3.63) is 0 Å². The average Bonchev–Trinajstić information content (AvgIpc) is 2.14. The number of ketones is 1. The number of rotatable bonds is 2. The number of piperidine rings is 1. The zero-order valence-electron chi connectivity index (χ0n) is 8.14. The molecule has 3 nitrogen and oxygen atoms in total. The first-order valence-corrected chi connectivity index (χ1v) is 4.75. The molecule has 0 aromatic rings. The highest BCUT2D eigenvalue weighted by molar-refractivity contribution is 5.83. The number of hydrogen-bond donors (Lipinski definition) is 0. The first-order valence-electron chi connectivity index (χ1n) is 4.75. The molecule has 0 radical (unpaired) electrons. The minimum Gasteiger partial charge on any atom is -0.342 e. The van der Waals surface area contributed by atoms with Gasteiger partial charge < -0.3 is 4.90 Å². The molecule has 0 aromatic carbocycles. The van der Waals surface area contributed by atoms with Crippen molar-refractivity contribution in [1.29, 1.82) is 0 Å². The van der Waals surface area contributed by atoms with Gasteiger partial charge in [-0.25, -0.2) is 0 Å². The number of amides is 1. The van der Waals surface area contributed by atoms with Crippen LogP contribution < -0.4 is 0 Å². The van der Waals surface area contributed by atoms with Crippen LogP contribution in [0, 0.1) is 0 Å². The maximum Gasteiger partial charge on any atom is 0.389 e. The number of hydrogen-bond acceptors (Lipinski definition) is 2. The fraction of sp³-hybridized carbons (Fsp3) is 0.778. The molecule has 0 aromatic heterocycles. The largest absolute Gasteiger partial charge is 0.389 e. The standard InChI is InChI=1S/C9H12F3NO2/c10-9(11,12)4-1-8(15)13-5-2-7(14)3-6-13/h1-6H2. The Morgan fingerprint density at radius 1 is 1.27 bits per heavy atom. The fourth-order valence-corrected chi connectivity index (χ4v) is 1.41. The molecule has 1 aliphatic rings. The Balaban J connectivity index is 2.31. The van der Waals surface area contributed by atoms with E-state index >= 15 is 0 Å². The second-order valence-electron chi connectivity index (χ2n) is 3.53. The predicted molar refractivity (Wildman–Crippen MR) is 46.1 cm³/mol. The molecule has 0 N–H and O–H groups in total. The number of Topliss-reactive ketones (excluding diaryl/α,β-unsaturated/α-hetero) is 1. The van der Waals surface area contributed by atoms with Crippen molar-refractivity contribution in [2.24, 2.45) is 0 Å². The van der Waals surface area contributed by atoms with Gasteiger partial charge in [-0.3, -0.25) is 9.59 Å². The summed E-state index contributed by atoms with van der Waals surface area (Å²) in [5.74, 6) is -0.449. The Labute approximate surface area is 85.2 Å². The minimum absolute atomic E-state index is 0.0647. The summed E-state index contributed by atoms with van der Waals surface area (Å²) >= 11 is 0. The lowest BCUT2D eigenvalue weighted by Crippen LogP contribution is -2.38. The summed E-state index contributed by atoms with van der Waals surface area (Å²) in [6.45, 7) is 0.519. The summed E-state index contributed by atoms with van der Waals surface area (Å²) in [6.07, 6.45) is -5.37. The van der Waals surface area contributed by atoms with Gasteiger partial charge in [0.25, 0.3) is 0 Å². The Morgan fingerprint density at radius 2 is 1.80 bits per heavy atom. The Bertz CT molecular complexity index is 253. The average molecular weight is 223 g/mol. The molecule has 6 heteroatoms. The molecule has 0 unspecified atom stereocenters. The van der Waals surface area contributed by atoms with Gasteiger partial charge in [0.15, 0.2) is 0 Å². The minimum atomic E-state index is -4.29. The van der Waals surface area contributed by atoms with Crippen LogP contribution in [0.15, 0.2) is 0 Å². The van der Waals surface area contributed by atoms with Gasteiger partial charge in [-0.1, -0.05) is 0 Å². The lowest BCUT2D eigenvalue weighted by molar-refractivity contribution is -0.150. The molecule has 1 aliphatic heterocycles. The zero-order chi connectivity index (χ0) is 11.5. The summed E-state index contributed by atoms with van der Waals surface area (Å²) in [7, 11) is 0. The summed E-state index contributed by atoms with van der Waals surface area (Å²) in [5, 5.41) is 0. The second kappa shape index (κ2) is 4.63. The third kappa shape index (κ3) is 4.31. The topological polar surface area (TPSA) is 37.4 Å². The normalized spacial score (nSPS) is 18.1. The quantitative estimate of drug-likeness (QED) is 0.711. The van der Waals surface area contributed by atoms with Gasteiger partial charge in [0.1, 0.15) is 5.78 Å². The van der Waals surface area contributed by atoms with Gasteiger partial charge in [0, 0.05) is 32.4 Å². The van der Waals surface area contributed by atoms with Gasteiger partial charge in [-0.15, -0.1) is 0 Å². The Kier molecular flexibility index (Phi) is 3.71. The molecule has 0 aliphatic carbocycles. The number of alkyl halides is 3. The monoisotopic (exact) mass is 223 g/mol. The van der Waals surface area contributed by atoms with E-state index < -0.39 is 24.9 Å². The van der Waals surface area contributed by atoms with E-state index in [9.17, 15) is 22.8 Å². The Morgan fingerprint density at radius 3 is 2.27 bits per heavy atom. The first kappa shape index (κ1) is 12.0. The van der Waals surface area contributed by atoms with Crippen LogP contribution in [0.3, 0.4) is 0 Å². The molecule has 1 fully saturated rings. The maximum absolute atomic E-state index is 11.8. The molecule has 0 atom stereocenters. The summed E-state index contributed by atoms with van der Waals surface area (Å²) in [4.78, 5) is 23.4. The van der Waals surface area contributed by atoms with E-state index in [1.807, 2.05) is 0 Å². The number of likely N-dealkylation sites (tertiary alicyclic amines) is 1. The molecule has 15 heavy (non-hydrogen) atoms. The molecular formula is C9H12F3NO2. The van der Waals surface area contributed by atoms with E-state index in [-0.39, 0.29) is 31.7 Å². The summed E-state index contributed by atoms with van der Waals surface area (Å²) in [5.41, 5.74) is 0. The molecule has 1 rings (SSSR count). The number of halogens is 3. The smallest absolute Gasteiger partial charge is 0.342 e. The SMILES string of the molecule is O=C1CCN(C(=O)CCC(F)(F)F)CC1. The third-order valence-corrected chi connectivity index (χ3v) is 2.30. The number of nitrogens with zero attached hydrogens (tertiary/aromatic N) is 1. The van der Waals surface area contributed by atoms with Crippen molar-refractivity contribution in [3.8, 4) is 0 Å². The van der Waals surface area contributed by atoms with E-state index in [0.717, 1.165) is 0 Å². The van der Waals surface area contributed by atoms with Crippen molar-refractivity contribution in [2.45, 2.75) is 31.9 Å². The highest BCUT2D eigenvalue weighted by Gasteiger charge is 2.29. The zero-order valence-corrected chi connectivity index (χ0v) is 8.14. The maximum atomic E-state index is 11.8. The molecular weight excluding hydrogens is 211 g/mol. The van der Waals surface area contributed by atoms with E-state index in [4.69, 9.17) is 0 Å². The van der Waals surface area contributed by atoms with Crippen LogP contribution in [-0.4, -0.2) is 35.9 Å². The van der Waals surface area contributed by atoms with Crippen LogP contribution in [0.25, 0.3) is 0 Å². The van der Waals surface area contributed by atoms with Crippen LogP contribution in [0.2, 0.25) is 0 Å². The second-order valence-corrected chi connectivity index (χ2v) is 3.53. The third-order valence-electron chi connectivity index (χ3n) is 2.30. The first-order chi connectivity index (χ1) is 6.88. The summed E-state index contributed by atoms with van der Waals surface area (Å²) in [6, 6.07) is 0. The molecule has 0 saturated carbocycles. The van der Waals surface area contributed by atoms with Gasteiger partial charge in [0.05, 0.1) is 6.42 Å². The molecule has 1 amide bonds. The van der Waals surface area contributed by atoms with E-state index in [0.29, 0.717) is 0 Å². The van der Waals surface area contributed by atoms with Crippen molar-refractivity contribution in [3.63, 3.8) is 0 Å². The van der Waals surface area contributed by atoms with Gasteiger partial charge in [0.2, 0.25) is 5.91 Å². The van der Waals surface area contributed by atoms with Crippen molar-refractivity contribution >= 4 is 11.7 Å². The lowest BCUT2D eigenvalue weighted by Gasteiger charge is -2.26. The highest BCUT2D eigenvalue weighted by Crippen LogP contribution is 2.22. The fourth-order valence-electron chi connectivity index (χ4n) is 1.41. The van der Waals surface area contributed by atoms with Crippen LogP contribution >= 0.6 is 0 Å². The van der Waals surface area contributed by atoms with Crippen molar-refractivity contribution in [2.75, 3.05) is 13.1 Å². The molecule has 1 saturated heterocycles. The van der Waals surface area contributed by atoms with Gasteiger partial charge >= 0.3 is 6.18 Å². The van der Waals surface area contributed by atoms with E-state index in [1.54, 1.807) is 0 Å². The van der Waals surface area contributed by atoms with E-state index in [1.165, 1.54) is 4.90 Å². The summed E-state index contributed by atoms with van der Waals surface area (Å²) < 4.78 is 35.5. The van der Waals surface area contributed by atoms with Crippen molar-refractivity contribution in [1.82, 2.24) is 4.90 Å². The van der Waals surface area contributed by atoms with Crippen LogP contribution in [-0.2, 0) is 9.59 Å². The van der Waals surface area contributed by atoms with Crippen LogP contribution in [0.1, 0.15) is 25.7 Å². The lowest BCUT2D eigenvalue weighted by atomic mass is 10.1. The van der Waals surface area contributed by atoms with Gasteiger partial charge in [-0.2, -0.15) is 13.2 Å². The molecule has 1 heterocycles. The predicted octanol–water partition coefficient (Wildman–Crippen LogP) is 1.52. The van der Waals surface area contributed by atoms with Crippen LogP contribution in [0.4, 0.5) is 13.2 Å².